The Morgan fingerprint density at radius 1 is 0.760 bits per heavy atom. The molecule has 1 aliphatic rings. The molecule has 0 aromatic heterocycles. The second kappa shape index (κ2) is 6.96. The van der Waals surface area contributed by atoms with Crippen LogP contribution in [0.4, 0.5) is 5.69 Å². The van der Waals surface area contributed by atoms with Crippen LogP contribution in [0.15, 0.2) is 54.6 Å². The first-order valence-electron chi connectivity index (χ1n) is 7.68. The summed E-state index contributed by atoms with van der Waals surface area (Å²) in [5, 5.41) is 3.34. The molecule has 0 bridgehead atoms. The van der Waals surface area contributed by atoms with Crippen molar-refractivity contribution >= 4 is 29.3 Å². The summed E-state index contributed by atoms with van der Waals surface area (Å²) >= 11 is 0. The summed E-state index contributed by atoms with van der Waals surface area (Å²) in [4.78, 5) is 48.0. The van der Waals surface area contributed by atoms with Gasteiger partial charge in [-0.1, -0.05) is 30.3 Å². The zero-order chi connectivity index (χ0) is 17.8. The molecule has 0 saturated carbocycles. The van der Waals surface area contributed by atoms with Gasteiger partial charge in [-0.05, 0) is 24.3 Å². The van der Waals surface area contributed by atoms with Crippen molar-refractivity contribution in [3.05, 3.63) is 65.7 Å². The van der Waals surface area contributed by atoms with Gasteiger partial charge in [0.15, 0.2) is 0 Å². The Kier molecular flexibility index (Phi) is 4.56. The number of nitrogens with zero attached hydrogens (tertiary/aromatic N) is 1. The first-order chi connectivity index (χ1) is 12.1. The molecule has 0 unspecified atom stereocenters. The van der Waals surface area contributed by atoms with Crippen molar-refractivity contribution in [2.75, 3.05) is 5.32 Å². The number of hydrogen-bond acceptors (Lipinski definition) is 4. The standard InChI is InChI=1S/C18H15N3O4/c22-15(19-12-6-2-1-3-7-12)10-11-16(23)20-21-17(24)13-8-4-5-9-14(13)18(21)25/h1-9H,10-11H2,(H,19,22)(H,20,23). The summed E-state index contributed by atoms with van der Waals surface area (Å²) in [5.41, 5.74) is 3.38. The van der Waals surface area contributed by atoms with Crippen LogP contribution < -0.4 is 10.7 Å². The smallest absolute Gasteiger partial charge is 0.280 e. The number of carbonyl (C=O) groups is 4. The highest BCUT2D eigenvalue weighted by Crippen LogP contribution is 2.20. The molecular formula is C18H15N3O4. The van der Waals surface area contributed by atoms with E-state index in [-0.39, 0.29) is 29.9 Å². The van der Waals surface area contributed by atoms with Crippen LogP contribution in [0, 0.1) is 0 Å². The molecule has 0 radical (unpaired) electrons. The molecule has 0 spiro atoms. The fourth-order valence-corrected chi connectivity index (χ4v) is 2.44. The highest BCUT2D eigenvalue weighted by atomic mass is 16.2. The Morgan fingerprint density at radius 3 is 1.88 bits per heavy atom. The summed E-state index contributed by atoms with van der Waals surface area (Å²) in [6.45, 7) is 0. The fourth-order valence-electron chi connectivity index (χ4n) is 2.44. The Balaban J connectivity index is 1.53. The van der Waals surface area contributed by atoms with Crippen LogP contribution >= 0.6 is 0 Å². The van der Waals surface area contributed by atoms with Gasteiger partial charge >= 0.3 is 0 Å². The summed E-state index contributed by atoms with van der Waals surface area (Å²) in [7, 11) is 0. The van der Waals surface area contributed by atoms with Gasteiger partial charge in [0.05, 0.1) is 11.1 Å². The van der Waals surface area contributed by atoms with Crippen LogP contribution in [0.5, 0.6) is 0 Å². The molecule has 4 amide bonds. The van der Waals surface area contributed by atoms with Crippen LogP contribution in [0.3, 0.4) is 0 Å². The van der Waals surface area contributed by atoms with Gasteiger partial charge in [-0.25, -0.2) is 0 Å². The molecule has 2 N–H and O–H groups in total. The number of nitrogens with one attached hydrogen (secondary N) is 2. The van der Waals surface area contributed by atoms with E-state index in [9.17, 15) is 19.2 Å². The number of carbonyl (C=O) groups excluding carboxylic acids is 4. The number of amides is 4. The number of imide groups is 1. The topological polar surface area (TPSA) is 95.6 Å². The molecule has 0 fully saturated rings. The lowest BCUT2D eigenvalue weighted by Gasteiger charge is -2.14. The maximum Gasteiger partial charge on any atom is 0.280 e. The first-order valence-corrected chi connectivity index (χ1v) is 7.68. The molecule has 2 aromatic rings. The third-order valence-electron chi connectivity index (χ3n) is 3.67. The molecule has 0 aliphatic carbocycles. The normalized spacial score (nSPS) is 12.7. The van der Waals surface area contributed by atoms with E-state index >= 15 is 0 Å². The second-order valence-electron chi connectivity index (χ2n) is 5.44. The summed E-state index contributed by atoms with van der Waals surface area (Å²) < 4.78 is 0. The van der Waals surface area contributed by atoms with Crippen LogP contribution in [0.2, 0.25) is 0 Å². The van der Waals surface area contributed by atoms with Gasteiger partial charge in [-0.3, -0.25) is 24.6 Å². The molecule has 0 saturated heterocycles. The minimum Gasteiger partial charge on any atom is -0.326 e. The molecule has 7 nitrogen and oxygen atoms in total. The minimum absolute atomic E-state index is 0.0656. The average Bonchev–Trinajstić information content (AvgIpc) is 2.86. The van der Waals surface area contributed by atoms with Gasteiger partial charge in [0.1, 0.15) is 0 Å². The minimum atomic E-state index is -0.585. The summed E-state index contributed by atoms with van der Waals surface area (Å²) in [6, 6.07) is 15.2. The van der Waals surface area contributed by atoms with Crippen molar-refractivity contribution in [1.29, 1.82) is 0 Å². The van der Waals surface area contributed by atoms with E-state index in [0.29, 0.717) is 10.7 Å². The van der Waals surface area contributed by atoms with Gasteiger partial charge in [0.25, 0.3) is 11.8 Å². The van der Waals surface area contributed by atoms with Gasteiger partial charge in [0.2, 0.25) is 11.8 Å². The van der Waals surface area contributed by atoms with Crippen LogP contribution in [-0.4, -0.2) is 28.6 Å². The molecule has 1 aliphatic heterocycles. The highest BCUT2D eigenvalue weighted by molar-refractivity contribution is 6.21. The fraction of sp³-hybridized carbons (Fsp3) is 0.111. The Hall–Kier alpha value is -3.48. The number of hydrazine groups is 1. The molecule has 0 atom stereocenters. The second-order valence-corrected chi connectivity index (χ2v) is 5.44. The molecule has 25 heavy (non-hydrogen) atoms. The Bertz CT molecular complexity index is 813. The first kappa shape index (κ1) is 16.4. The third-order valence-corrected chi connectivity index (χ3v) is 3.67. The lowest BCUT2D eigenvalue weighted by Crippen LogP contribution is -2.46. The lowest BCUT2D eigenvalue weighted by atomic mass is 10.1. The van der Waals surface area contributed by atoms with E-state index in [4.69, 9.17) is 0 Å². The predicted octanol–water partition coefficient (Wildman–Crippen LogP) is 1.73. The van der Waals surface area contributed by atoms with E-state index in [0.717, 1.165) is 0 Å². The number of fused-ring (bicyclic) bond motifs is 1. The molecule has 1 heterocycles. The van der Waals surface area contributed by atoms with Crippen molar-refractivity contribution in [3.8, 4) is 0 Å². The quantitative estimate of drug-likeness (QED) is 0.812. The summed E-state index contributed by atoms with van der Waals surface area (Å²) in [6.07, 6.45) is -0.212. The largest absolute Gasteiger partial charge is 0.326 e. The predicted molar refractivity (Wildman–Crippen MR) is 89.4 cm³/mol. The van der Waals surface area contributed by atoms with Crippen LogP contribution in [0.1, 0.15) is 33.6 Å². The van der Waals surface area contributed by atoms with Crippen LogP contribution in [-0.2, 0) is 9.59 Å². The monoisotopic (exact) mass is 337 g/mol. The number of hydrogen-bond donors (Lipinski definition) is 2. The SMILES string of the molecule is O=C(CCC(=O)NN1C(=O)c2ccccc2C1=O)Nc1ccccc1. The number of benzene rings is 2. The summed E-state index contributed by atoms with van der Waals surface area (Å²) in [5.74, 6) is -2.08. The average molecular weight is 337 g/mol. The Labute approximate surface area is 143 Å². The van der Waals surface area contributed by atoms with Gasteiger partial charge in [-0.15, -0.1) is 0 Å². The van der Waals surface area contributed by atoms with Gasteiger partial charge < -0.3 is 5.32 Å². The number of anilines is 1. The number of rotatable bonds is 5. The maximum atomic E-state index is 12.1. The zero-order valence-electron chi connectivity index (χ0n) is 13.2. The van der Waals surface area contributed by atoms with Crippen molar-refractivity contribution in [1.82, 2.24) is 10.4 Å². The van der Waals surface area contributed by atoms with Crippen molar-refractivity contribution in [2.45, 2.75) is 12.8 Å². The van der Waals surface area contributed by atoms with Crippen molar-refractivity contribution in [3.63, 3.8) is 0 Å². The zero-order valence-corrected chi connectivity index (χ0v) is 13.2. The van der Waals surface area contributed by atoms with E-state index in [1.165, 1.54) is 12.1 Å². The van der Waals surface area contributed by atoms with Crippen molar-refractivity contribution in [2.24, 2.45) is 0 Å². The van der Waals surface area contributed by atoms with Gasteiger partial charge in [-0.2, -0.15) is 5.01 Å². The Morgan fingerprint density at radius 2 is 1.28 bits per heavy atom. The van der Waals surface area contributed by atoms with E-state index < -0.39 is 17.7 Å². The number of para-hydroxylation sites is 1. The lowest BCUT2D eigenvalue weighted by molar-refractivity contribution is -0.126. The van der Waals surface area contributed by atoms with E-state index in [2.05, 4.69) is 10.7 Å². The maximum absolute atomic E-state index is 12.1. The third kappa shape index (κ3) is 3.55. The molecule has 3 rings (SSSR count). The molecular weight excluding hydrogens is 322 g/mol. The molecule has 2 aromatic carbocycles. The van der Waals surface area contributed by atoms with Crippen LogP contribution in [0.25, 0.3) is 0 Å². The van der Waals surface area contributed by atoms with Crippen molar-refractivity contribution < 1.29 is 19.2 Å². The highest BCUT2D eigenvalue weighted by Gasteiger charge is 2.36. The van der Waals surface area contributed by atoms with Gasteiger partial charge in [0, 0.05) is 18.5 Å². The molecule has 126 valence electrons. The molecule has 7 heteroatoms. The van der Waals surface area contributed by atoms with E-state index in [1.807, 2.05) is 6.07 Å². The van der Waals surface area contributed by atoms with E-state index in [1.54, 1.807) is 36.4 Å².